The van der Waals surface area contributed by atoms with E-state index in [0.29, 0.717) is 11.4 Å². The SMILES string of the molecule is [N-]=[N+]=NCCC(O)C(O)c1ccc(-c2nn[nH]n2)cc1. The van der Waals surface area contributed by atoms with E-state index in [9.17, 15) is 10.2 Å². The van der Waals surface area contributed by atoms with Gasteiger partial charge in [0.15, 0.2) is 0 Å². The fourth-order valence-electron chi connectivity index (χ4n) is 1.73. The summed E-state index contributed by atoms with van der Waals surface area (Å²) < 4.78 is 0. The number of rotatable bonds is 6. The summed E-state index contributed by atoms with van der Waals surface area (Å²) in [6, 6.07) is 6.80. The second-order valence-corrected chi connectivity index (χ2v) is 4.11. The highest BCUT2D eigenvalue weighted by Gasteiger charge is 2.17. The number of aromatic amines is 1. The van der Waals surface area contributed by atoms with Crippen LogP contribution in [0.4, 0.5) is 0 Å². The molecule has 0 saturated heterocycles. The Balaban J connectivity index is 2.03. The zero-order valence-corrected chi connectivity index (χ0v) is 10.5. The monoisotopic (exact) mass is 275 g/mol. The number of hydrogen-bond donors (Lipinski definition) is 3. The van der Waals surface area contributed by atoms with Gasteiger partial charge in [0, 0.05) is 17.0 Å². The number of benzene rings is 1. The molecule has 20 heavy (non-hydrogen) atoms. The summed E-state index contributed by atoms with van der Waals surface area (Å²) in [4.78, 5) is 2.59. The summed E-state index contributed by atoms with van der Waals surface area (Å²) in [5, 5.41) is 36.6. The molecule has 0 amide bonds. The number of H-pyrrole nitrogens is 1. The Labute approximate surface area is 113 Å². The lowest BCUT2D eigenvalue weighted by Gasteiger charge is -2.17. The Morgan fingerprint density at radius 3 is 2.65 bits per heavy atom. The first kappa shape index (κ1) is 13.9. The summed E-state index contributed by atoms with van der Waals surface area (Å²) in [5.41, 5.74) is 9.46. The molecule has 2 unspecified atom stereocenters. The fraction of sp³-hybridized carbons (Fsp3) is 0.364. The number of tetrazole rings is 1. The second kappa shape index (κ2) is 6.62. The van der Waals surface area contributed by atoms with E-state index in [4.69, 9.17) is 5.53 Å². The van der Waals surface area contributed by atoms with Gasteiger partial charge >= 0.3 is 0 Å². The molecule has 0 radical (unpaired) electrons. The number of aromatic nitrogens is 4. The first-order chi connectivity index (χ1) is 9.72. The minimum atomic E-state index is -1.04. The van der Waals surface area contributed by atoms with Crippen molar-refractivity contribution < 1.29 is 10.2 Å². The Bertz CT molecular complexity index is 577. The predicted octanol–water partition coefficient (Wildman–Crippen LogP) is 0.961. The molecule has 0 saturated carbocycles. The summed E-state index contributed by atoms with van der Waals surface area (Å²) >= 11 is 0. The summed E-state index contributed by atoms with van der Waals surface area (Å²) in [5.74, 6) is 0.454. The summed E-state index contributed by atoms with van der Waals surface area (Å²) in [6.07, 6.45) is -1.84. The van der Waals surface area contributed by atoms with Gasteiger partial charge in [0.1, 0.15) is 6.10 Å². The third-order valence-corrected chi connectivity index (χ3v) is 2.81. The van der Waals surface area contributed by atoms with Crippen LogP contribution in [-0.2, 0) is 0 Å². The van der Waals surface area contributed by atoms with E-state index in [2.05, 4.69) is 30.7 Å². The van der Waals surface area contributed by atoms with Crippen LogP contribution in [0.1, 0.15) is 18.1 Å². The molecule has 1 heterocycles. The van der Waals surface area contributed by atoms with Crippen molar-refractivity contribution in [3.8, 4) is 11.4 Å². The molecule has 0 spiro atoms. The molecule has 104 valence electrons. The second-order valence-electron chi connectivity index (χ2n) is 4.11. The van der Waals surface area contributed by atoms with Crippen LogP contribution in [0.15, 0.2) is 29.4 Å². The maximum absolute atomic E-state index is 9.98. The molecule has 0 bridgehead atoms. The Kier molecular flexibility index (Phi) is 4.61. The van der Waals surface area contributed by atoms with Gasteiger partial charge in [0.2, 0.25) is 5.82 Å². The average Bonchev–Trinajstić information content (AvgIpc) is 3.01. The number of aliphatic hydroxyl groups is 2. The van der Waals surface area contributed by atoms with E-state index in [0.717, 1.165) is 5.56 Å². The molecule has 2 aromatic rings. The zero-order valence-electron chi connectivity index (χ0n) is 10.5. The number of azide groups is 1. The van der Waals surface area contributed by atoms with Crippen molar-refractivity contribution in [2.45, 2.75) is 18.6 Å². The normalized spacial score (nSPS) is 13.5. The molecule has 0 aliphatic heterocycles. The molecule has 3 N–H and O–H groups in total. The summed E-state index contributed by atoms with van der Waals surface area (Å²) in [7, 11) is 0. The highest BCUT2D eigenvalue weighted by molar-refractivity contribution is 5.54. The van der Waals surface area contributed by atoms with Crippen molar-refractivity contribution in [3.05, 3.63) is 40.3 Å². The van der Waals surface area contributed by atoms with Gasteiger partial charge in [-0.3, -0.25) is 0 Å². The van der Waals surface area contributed by atoms with Crippen molar-refractivity contribution >= 4 is 0 Å². The van der Waals surface area contributed by atoms with Crippen LogP contribution in [0.5, 0.6) is 0 Å². The lowest BCUT2D eigenvalue weighted by molar-refractivity contribution is 0.0150. The van der Waals surface area contributed by atoms with Gasteiger partial charge in [-0.2, -0.15) is 5.21 Å². The predicted molar refractivity (Wildman–Crippen MR) is 69.2 cm³/mol. The number of nitrogens with zero attached hydrogens (tertiary/aromatic N) is 6. The average molecular weight is 275 g/mol. The van der Waals surface area contributed by atoms with E-state index in [-0.39, 0.29) is 13.0 Å². The Hall–Kier alpha value is -2.48. The van der Waals surface area contributed by atoms with E-state index in [1.165, 1.54) is 0 Å². The van der Waals surface area contributed by atoms with Gasteiger partial charge in [-0.25, -0.2) is 0 Å². The van der Waals surface area contributed by atoms with Crippen LogP contribution in [0.2, 0.25) is 0 Å². The van der Waals surface area contributed by atoms with Crippen molar-refractivity contribution in [1.82, 2.24) is 20.6 Å². The molecule has 0 fully saturated rings. The first-order valence-electron chi connectivity index (χ1n) is 5.93. The van der Waals surface area contributed by atoms with Crippen molar-refractivity contribution in [3.63, 3.8) is 0 Å². The molecule has 1 aromatic heterocycles. The van der Waals surface area contributed by atoms with E-state index < -0.39 is 12.2 Å². The lowest BCUT2D eigenvalue weighted by atomic mass is 10.0. The Morgan fingerprint density at radius 2 is 2.05 bits per heavy atom. The minimum Gasteiger partial charge on any atom is -0.390 e. The van der Waals surface area contributed by atoms with Crippen LogP contribution in [0.3, 0.4) is 0 Å². The van der Waals surface area contributed by atoms with Crippen LogP contribution < -0.4 is 0 Å². The van der Waals surface area contributed by atoms with Crippen LogP contribution >= 0.6 is 0 Å². The Morgan fingerprint density at radius 1 is 1.30 bits per heavy atom. The van der Waals surface area contributed by atoms with Crippen molar-refractivity contribution in [2.24, 2.45) is 5.11 Å². The fourth-order valence-corrected chi connectivity index (χ4v) is 1.73. The standard InChI is InChI=1S/C11H13N7O2/c12-16-13-6-5-9(19)10(20)7-1-3-8(4-2-7)11-14-17-18-15-11/h1-4,9-10,19-20H,5-6H2,(H,14,15,17,18). The summed E-state index contributed by atoms with van der Waals surface area (Å²) in [6.45, 7) is 0.135. The molecular formula is C11H13N7O2. The molecule has 0 aliphatic rings. The minimum absolute atomic E-state index is 0.135. The van der Waals surface area contributed by atoms with Crippen molar-refractivity contribution in [1.29, 1.82) is 0 Å². The molecule has 2 rings (SSSR count). The number of nitrogens with one attached hydrogen (secondary N) is 1. The maximum atomic E-state index is 9.98. The molecule has 2 atom stereocenters. The highest BCUT2D eigenvalue weighted by Crippen LogP contribution is 2.22. The van der Waals surface area contributed by atoms with Crippen LogP contribution in [-0.4, -0.2) is 43.5 Å². The number of hydrogen-bond acceptors (Lipinski definition) is 6. The van der Waals surface area contributed by atoms with Crippen LogP contribution in [0, 0.1) is 0 Å². The van der Waals surface area contributed by atoms with Crippen molar-refractivity contribution in [2.75, 3.05) is 6.54 Å². The zero-order chi connectivity index (χ0) is 14.4. The molecule has 0 aliphatic carbocycles. The molecular weight excluding hydrogens is 262 g/mol. The van der Waals surface area contributed by atoms with E-state index in [1.54, 1.807) is 24.3 Å². The topological polar surface area (TPSA) is 144 Å². The van der Waals surface area contributed by atoms with Crippen LogP contribution in [0.25, 0.3) is 21.8 Å². The quantitative estimate of drug-likeness (QED) is 0.408. The molecule has 9 heteroatoms. The molecule has 1 aromatic carbocycles. The third kappa shape index (κ3) is 3.29. The third-order valence-electron chi connectivity index (χ3n) is 2.81. The van der Waals surface area contributed by atoms with E-state index in [1.807, 2.05) is 0 Å². The highest BCUT2D eigenvalue weighted by atomic mass is 16.3. The first-order valence-corrected chi connectivity index (χ1v) is 5.93. The maximum Gasteiger partial charge on any atom is 0.204 e. The van der Waals surface area contributed by atoms with Gasteiger partial charge in [-0.05, 0) is 22.7 Å². The largest absolute Gasteiger partial charge is 0.390 e. The van der Waals surface area contributed by atoms with E-state index >= 15 is 0 Å². The number of aliphatic hydroxyl groups excluding tert-OH is 2. The molecule has 9 nitrogen and oxygen atoms in total. The lowest BCUT2D eigenvalue weighted by Crippen LogP contribution is -2.19. The smallest absolute Gasteiger partial charge is 0.204 e. The van der Waals surface area contributed by atoms with Gasteiger partial charge in [-0.15, -0.1) is 10.2 Å². The van der Waals surface area contributed by atoms with Gasteiger partial charge in [0.25, 0.3) is 0 Å². The van der Waals surface area contributed by atoms with Gasteiger partial charge < -0.3 is 10.2 Å². The van der Waals surface area contributed by atoms with Gasteiger partial charge in [-0.1, -0.05) is 29.4 Å². The van der Waals surface area contributed by atoms with Gasteiger partial charge in [0.05, 0.1) is 6.10 Å².